The Bertz CT molecular complexity index is 654. The number of hydrogen-bond donors (Lipinski definition) is 2. The molecule has 1 aromatic heterocycles. The third kappa shape index (κ3) is 2.65. The zero-order valence-corrected chi connectivity index (χ0v) is 10.6. The molecule has 0 radical (unpaired) electrons. The first kappa shape index (κ1) is 12.9. The van der Waals surface area contributed by atoms with Gasteiger partial charge >= 0.3 is 5.69 Å². The van der Waals surface area contributed by atoms with Crippen LogP contribution in [-0.2, 0) is 0 Å². The second kappa shape index (κ2) is 4.98. The van der Waals surface area contributed by atoms with Gasteiger partial charge in [-0.15, -0.1) is 10.2 Å². The van der Waals surface area contributed by atoms with Gasteiger partial charge in [0.1, 0.15) is 16.3 Å². The molecule has 0 fully saturated rings. The summed E-state index contributed by atoms with van der Waals surface area (Å²) >= 11 is 1.17. The standard InChI is InChI=1S/C10H9N5O3S/c1-5-13-14-10(19-5)12-9(16)6-3-2-4-7(11)8(6)15(17)18/h2-4H,11H2,1H3,(H,12,14,16). The van der Waals surface area contributed by atoms with Crippen LogP contribution in [0, 0.1) is 17.0 Å². The maximum absolute atomic E-state index is 12.0. The molecule has 8 nitrogen and oxygen atoms in total. The first-order valence-electron chi connectivity index (χ1n) is 5.13. The number of amides is 1. The van der Waals surface area contributed by atoms with Crippen molar-refractivity contribution in [3.8, 4) is 0 Å². The van der Waals surface area contributed by atoms with Gasteiger partial charge < -0.3 is 5.73 Å². The predicted octanol–water partition coefficient (Wildman–Crippen LogP) is 1.59. The SMILES string of the molecule is Cc1nnc(NC(=O)c2cccc(N)c2[N+](=O)[O-])s1. The largest absolute Gasteiger partial charge is 0.393 e. The zero-order valence-electron chi connectivity index (χ0n) is 9.78. The summed E-state index contributed by atoms with van der Waals surface area (Å²) < 4.78 is 0. The molecule has 98 valence electrons. The smallest absolute Gasteiger partial charge is 0.304 e. The van der Waals surface area contributed by atoms with Crippen molar-refractivity contribution in [2.24, 2.45) is 0 Å². The molecule has 1 aromatic carbocycles. The number of carbonyl (C=O) groups is 1. The number of hydrogen-bond acceptors (Lipinski definition) is 7. The van der Waals surface area contributed by atoms with Crippen LogP contribution in [-0.4, -0.2) is 21.0 Å². The lowest BCUT2D eigenvalue weighted by atomic mass is 10.1. The Morgan fingerprint density at radius 2 is 2.21 bits per heavy atom. The van der Waals surface area contributed by atoms with Gasteiger partial charge in [-0.2, -0.15) is 0 Å². The molecule has 0 aliphatic heterocycles. The zero-order chi connectivity index (χ0) is 14.0. The Hall–Kier alpha value is -2.55. The molecule has 0 saturated carbocycles. The number of benzene rings is 1. The molecule has 0 aliphatic carbocycles. The van der Waals surface area contributed by atoms with Crippen LogP contribution >= 0.6 is 11.3 Å². The number of aryl methyl sites for hydroxylation is 1. The highest BCUT2D eigenvalue weighted by Gasteiger charge is 2.23. The molecule has 3 N–H and O–H groups in total. The maximum Gasteiger partial charge on any atom is 0.304 e. The highest BCUT2D eigenvalue weighted by molar-refractivity contribution is 7.15. The minimum atomic E-state index is -0.685. The summed E-state index contributed by atoms with van der Waals surface area (Å²) in [4.78, 5) is 22.2. The molecule has 0 saturated heterocycles. The molecule has 19 heavy (non-hydrogen) atoms. The van der Waals surface area contributed by atoms with Crippen molar-refractivity contribution in [2.75, 3.05) is 11.1 Å². The monoisotopic (exact) mass is 279 g/mol. The van der Waals surface area contributed by atoms with Crippen LogP contribution in [0.4, 0.5) is 16.5 Å². The Morgan fingerprint density at radius 3 is 2.79 bits per heavy atom. The number of nitrogens with zero attached hydrogens (tertiary/aromatic N) is 3. The van der Waals surface area contributed by atoms with Gasteiger partial charge in [0.2, 0.25) is 5.13 Å². The summed E-state index contributed by atoms with van der Waals surface area (Å²) in [5, 5.41) is 21.8. The molecule has 0 bridgehead atoms. The first-order chi connectivity index (χ1) is 8.99. The molecule has 2 rings (SSSR count). The Morgan fingerprint density at radius 1 is 1.47 bits per heavy atom. The van der Waals surface area contributed by atoms with Crippen molar-refractivity contribution in [1.29, 1.82) is 0 Å². The van der Waals surface area contributed by atoms with Crippen LogP contribution in [0.3, 0.4) is 0 Å². The van der Waals surface area contributed by atoms with E-state index in [2.05, 4.69) is 15.5 Å². The van der Waals surface area contributed by atoms with Gasteiger partial charge in [-0.1, -0.05) is 17.4 Å². The molecule has 9 heteroatoms. The van der Waals surface area contributed by atoms with Gasteiger partial charge in [0, 0.05) is 0 Å². The van der Waals surface area contributed by atoms with Crippen molar-refractivity contribution in [1.82, 2.24) is 10.2 Å². The number of nitrogens with two attached hydrogens (primary N) is 1. The minimum absolute atomic E-state index is 0.0638. The predicted molar refractivity (Wildman–Crippen MR) is 70.1 cm³/mol. The van der Waals surface area contributed by atoms with Crippen molar-refractivity contribution in [3.05, 3.63) is 38.9 Å². The Kier molecular flexibility index (Phi) is 3.38. The quantitative estimate of drug-likeness (QED) is 0.499. The summed E-state index contributed by atoms with van der Waals surface area (Å²) in [5.74, 6) is -0.643. The van der Waals surface area contributed by atoms with Gasteiger partial charge in [-0.05, 0) is 19.1 Å². The maximum atomic E-state index is 12.0. The second-order valence-corrected chi connectivity index (χ2v) is 4.76. The van der Waals surface area contributed by atoms with Crippen LogP contribution in [0.1, 0.15) is 15.4 Å². The Labute approximate surface area is 111 Å². The molecule has 0 unspecified atom stereocenters. The van der Waals surface area contributed by atoms with E-state index in [9.17, 15) is 14.9 Å². The third-order valence-electron chi connectivity index (χ3n) is 2.24. The van der Waals surface area contributed by atoms with Gasteiger partial charge in [-0.3, -0.25) is 20.2 Å². The molecular weight excluding hydrogens is 270 g/mol. The van der Waals surface area contributed by atoms with Crippen molar-refractivity contribution in [3.63, 3.8) is 0 Å². The molecule has 0 atom stereocenters. The molecule has 0 aliphatic rings. The Balaban J connectivity index is 2.34. The highest BCUT2D eigenvalue weighted by Crippen LogP contribution is 2.27. The highest BCUT2D eigenvalue weighted by atomic mass is 32.1. The molecule has 2 aromatic rings. The van der Waals surface area contributed by atoms with Gasteiger partial charge in [0.05, 0.1) is 4.92 Å². The number of aromatic nitrogens is 2. The average Bonchev–Trinajstić information content (AvgIpc) is 2.73. The van der Waals surface area contributed by atoms with E-state index in [-0.39, 0.29) is 16.4 Å². The van der Waals surface area contributed by atoms with Gasteiger partial charge in [-0.25, -0.2) is 0 Å². The van der Waals surface area contributed by atoms with Crippen LogP contribution in [0.2, 0.25) is 0 Å². The van der Waals surface area contributed by atoms with E-state index in [1.165, 1.54) is 29.5 Å². The third-order valence-corrected chi connectivity index (χ3v) is 3.00. The fourth-order valence-electron chi connectivity index (χ4n) is 1.46. The lowest BCUT2D eigenvalue weighted by molar-refractivity contribution is -0.384. The lowest BCUT2D eigenvalue weighted by Crippen LogP contribution is -2.14. The fraction of sp³-hybridized carbons (Fsp3) is 0.100. The summed E-state index contributed by atoms with van der Waals surface area (Å²) in [6.07, 6.45) is 0. The van der Waals surface area contributed by atoms with Crippen LogP contribution in [0.15, 0.2) is 18.2 Å². The summed E-state index contributed by atoms with van der Waals surface area (Å²) in [7, 11) is 0. The fourth-order valence-corrected chi connectivity index (χ4v) is 2.05. The van der Waals surface area contributed by atoms with E-state index in [1.54, 1.807) is 6.92 Å². The first-order valence-corrected chi connectivity index (χ1v) is 5.95. The number of carbonyl (C=O) groups excluding carboxylic acids is 1. The summed E-state index contributed by atoms with van der Waals surface area (Å²) in [5.41, 5.74) is 4.92. The second-order valence-electron chi connectivity index (χ2n) is 3.58. The number of rotatable bonds is 3. The number of anilines is 2. The minimum Gasteiger partial charge on any atom is -0.393 e. The number of nitro groups is 1. The van der Waals surface area contributed by atoms with Crippen molar-refractivity contribution < 1.29 is 9.72 Å². The molecule has 1 amide bonds. The number of nitro benzene ring substituents is 1. The lowest BCUT2D eigenvalue weighted by Gasteiger charge is -2.04. The number of nitrogens with one attached hydrogen (secondary N) is 1. The molecule has 1 heterocycles. The normalized spacial score (nSPS) is 10.2. The molecule has 0 spiro atoms. The summed E-state index contributed by atoms with van der Waals surface area (Å²) in [6, 6.07) is 4.17. The van der Waals surface area contributed by atoms with Gasteiger partial charge in [0.25, 0.3) is 5.91 Å². The molecular formula is C10H9N5O3S. The van der Waals surface area contributed by atoms with E-state index >= 15 is 0 Å². The number of para-hydroxylation sites is 1. The van der Waals surface area contributed by atoms with Crippen LogP contribution < -0.4 is 11.1 Å². The summed E-state index contributed by atoms with van der Waals surface area (Å²) in [6.45, 7) is 1.73. The number of nitrogen functional groups attached to an aromatic ring is 1. The van der Waals surface area contributed by atoms with Crippen LogP contribution in [0.5, 0.6) is 0 Å². The van der Waals surface area contributed by atoms with E-state index in [0.29, 0.717) is 5.01 Å². The van der Waals surface area contributed by atoms with Crippen molar-refractivity contribution >= 4 is 33.8 Å². The van der Waals surface area contributed by atoms with E-state index in [0.717, 1.165) is 0 Å². The average molecular weight is 279 g/mol. The van der Waals surface area contributed by atoms with Crippen molar-refractivity contribution in [2.45, 2.75) is 6.92 Å². The van der Waals surface area contributed by atoms with E-state index in [1.807, 2.05) is 0 Å². The van der Waals surface area contributed by atoms with E-state index < -0.39 is 16.5 Å². The van der Waals surface area contributed by atoms with E-state index in [4.69, 9.17) is 5.73 Å². The van der Waals surface area contributed by atoms with Crippen LogP contribution in [0.25, 0.3) is 0 Å². The topological polar surface area (TPSA) is 124 Å². The van der Waals surface area contributed by atoms with Gasteiger partial charge in [0.15, 0.2) is 0 Å².